The molecule has 0 fully saturated rings. The van der Waals surface area contributed by atoms with Gasteiger partial charge >= 0.3 is 0 Å². The van der Waals surface area contributed by atoms with E-state index in [4.69, 9.17) is 5.73 Å². The number of carbonyl (C=O) groups is 2. The van der Waals surface area contributed by atoms with Crippen LogP contribution in [0.3, 0.4) is 0 Å². The Kier molecular flexibility index (Phi) is 7.37. The van der Waals surface area contributed by atoms with Gasteiger partial charge in [0.05, 0.1) is 0 Å². The highest BCUT2D eigenvalue weighted by Crippen LogP contribution is 2.18. The van der Waals surface area contributed by atoms with Crippen LogP contribution < -0.4 is 5.73 Å². The van der Waals surface area contributed by atoms with Crippen molar-refractivity contribution in [1.29, 1.82) is 0 Å². The summed E-state index contributed by atoms with van der Waals surface area (Å²) in [5.41, 5.74) is 4.83. The molecule has 0 saturated carbocycles. The molecular weight excluding hydrogens is 266 g/mol. The van der Waals surface area contributed by atoms with E-state index in [0.29, 0.717) is 25.9 Å². The van der Waals surface area contributed by atoms with Crippen molar-refractivity contribution >= 4 is 11.8 Å². The third kappa shape index (κ3) is 8.05. The molecule has 21 heavy (non-hydrogen) atoms. The van der Waals surface area contributed by atoms with Crippen molar-refractivity contribution in [2.24, 2.45) is 11.1 Å². The maximum atomic E-state index is 12.5. The van der Waals surface area contributed by atoms with E-state index in [2.05, 4.69) is 32.7 Å². The molecule has 0 aliphatic heterocycles. The molecule has 5 heteroatoms. The third-order valence-corrected chi connectivity index (χ3v) is 3.63. The Balaban J connectivity index is 4.66. The van der Waals surface area contributed by atoms with Gasteiger partial charge in [0.25, 0.3) is 0 Å². The minimum Gasteiger partial charge on any atom is -0.370 e. The van der Waals surface area contributed by atoms with Crippen LogP contribution in [0.4, 0.5) is 0 Å². The molecular formula is C16H33N3O2. The fraction of sp³-hybridized carbons (Fsp3) is 0.875. The van der Waals surface area contributed by atoms with Gasteiger partial charge in [-0.1, -0.05) is 20.8 Å². The average Bonchev–Trinajstić information content (AvgIpc) is 2.29. The van der Waals surface area contributed by atoms with Gasteiger partial charge in [0, 0.05) is 37.0 Å². The zero-order valence-corrected chi connectivity index (χ0v) is 14.8. The number of likely N-dealkylation sites (N-methyl/N-ethyl adjacent to an activating group) is 1. The van der Waals surface area contributed by atoms with Crippen molar-refractivity contribution in [3.05, 3.63) is 0 Å². The van der Waals surface area contributed by atoms with E-state index < -0.39 is 5.41 Å². The van der Waals surface area contributed by atoms with Crippen LogP contribution in [-0.4, -0.2) is 53.8 Å². The van der Waals surface area contributed by atoms with Crippen molar-refractivity contribution in [1.82, 2.24) is 9.80 Å². The minimum absolute atomic E-state index is 0.0731. The first-order valence-electron chi connectivity index (χ1n) is 7.64. The standard InChI is InChI=1S/C16H33N3O2/c1-15(2,3)14(21)19(10-8-9-13(17)20)12-11-18(7)16(4,5)6/h8-12H2,1-7H3,(H2,17,20). The number of hydrogen-bond acceptors (Lipinski definition) is 3. The molecule has 0 radical (unpaired) electrons. The van der Waals surface area contributed by atoms with Crippen molar-refractivity contribution in [2.75, 3.05) is 26.7 Å². The lowest BCUT2D eigenvalue weighted by atomic mass is 9.94. The van der Waals surface area contributed by atoms with Gasteiger partial charge in [0.15, 0.2) is 0 Å². The maximum absolute atomic E-state index is 12.5. The number of primary amides is 1. The number of rotatable bonds is 7. The third-order valence-electron chi connectivity index (χ3n) is 3.63. The van der Waals surface area contributed by atoms with E-state index in [-0.39, 0.29) is 17.4 Å². The summed E-state index contributed by atoms with van der Waals surface area (Å²) in [6, 6.07) is 0. The molecule has 2 N–H and O–H groups in total. The highest BCUT2D eigenvalue weighted by molar-refractivity contribution is 5.81. The molecule has 0 unspecified atom stereocenters. The number of hydrogen-bond donors (Lipinski definition) is 1. The monoisotopic (exact) mass is 299 g/mol. The molecule has 0 aromatic heterocycles. The molecule has 2 amide bonds. The summed E-state index contributed by atoms with van der Waals surface area (Å²) < 4.78 is 0. The first kappa shape index (κ1) is 19.9. The molecule has 0 aliphatic carbocycles. The summed E-state index contributed by atoms with van der Waals surface area (Å²) in [6.45, 7) is 14.3. The average molecular weight is 299 g/mol. The number of nitrogens with zero attached hydrogens (tertiary/aromatic N) is 2. The summed E-state index contributed by atoms with van der Waals surface area (Å²) in [7, 11) is 2.06. The highest BCUT2D eigenvalue weighted by atomic mass is 16.2. The molecule has 0 aromatic rings. The minimum atomic E-state index is -0.410. The van der Waals surface area contributed by atoms with Gasteiger partial charge in [-0.15, -0.1) is 0 Å². The topological polar surface area (TPSA) is 66.6 Å². The van der Waals surface area contributed by atoms with Crippen LogP contribution in [0.5, 0.6) is 0 Å². The van der Waals surface area contributed by atoms with Crippen LogP contribution >= 0.6 is 0 Å². The van der Waals surface area contributed by atoms with Gasteiger partial charge in [-0.05, 0) is 34.2 Å². The van der Waals surface area contributed by atoms with Gasteiger partial charge in [0.1, 0.15) is 0 Å². The molecule has 0 spiro atoms. The predicted octanol–water partition coefficient (Wildman–Crippen LogP) is 1.86. The predicted molar refractivity (Wildman–Crippen MR) is 86.8 cm³/mol. The Labute approximate surface area is 129 Å². The Hall–Kier alpha value is -1.10. The molecule has 0 heterocycles. The quantitative estimate of drug-likeness (QED) is 0.780. The molecule has 124 valence electrons. The SMILES string of the molecule is CN(CCN(CCCC(N)=O)C(=O)C(C)(C)C)C(C)(C)C. The normalized spacial score (nSPS) is 12.6. The van der Waals surface area contributed by atoms with Crippen LogP contribution in [0.15, 0.2) is 0 Å². The van der Waals surface area contributed by atoms with Crippen molar-refractivity contribution < 1.29 is 9.59 Å². The Morgan fingerprint density at radius 1 is 0.952 bits per heavy atom. The van der Waals surface area contributed by atoms with E-state index in [1.807, 2.05) is 25.7 Å². The fourth-order valence-corrected chi connectivity index (χ4v) is 1.84. The van der Waals surface area contributed by atoms with Crippen LogP contribution in [-0.2, 0) is 9.59 Å². The molecule has 0 rings (SSSR count). The van der Waals surface area contributed by atoms with E-state index in [0.717, 1.165) is 6.54 Å². The lowest BCUT2D eigenvalue weighted by molar-refractivity contribution is -0.140. The number of nitrogens with two attached hydrogens (primary N) is 1. The van der Waals surface area contributed by atoms with Crippen LogP contribution in [0.1, 0.15) is 54.4 Å². The summed E-state index contributed by atoms with van der Waals surface area (Å²) in [4.78, 5) is 27.4. The highest BCUT2D eigenvalue weighted by Gasteiger charge is 2.27. The zero-order chi connectivity index (χ0) is 16.8. The van der Waals surface area contributed by atoms with Crippen molar-refractivity contribution in [2.45, 2.75) is 59.9 Å². The van der Waals surface area contributed by atoms with Crippen LogP contribution in [0, 0.1) is 5.41 Å². The number of amides is 2. The van der Waals surface area contributed by atoms with Crippen LogP contribution in [0.2, 0.25) is 0 Å². The van der Waals surface area contributed by atoms with Gasteiger partial charge in [0.2, 0.25) is 11.8 Å². The molecule has 0 saturated heterocycles. The molecule has 5 nitrogen and oxygen atoms in total. The number of carbonyl (C=O) groups excluding carboxylic acids is 2. The van der Waals surface area contributed by atoms with Crippen molar-refractivity contribution in [3.8, 4) is 0 Å². The first-order valence-corrected chi connectivity index (χ1v) is 7.64. The van der Waals surface area contributed by atoms with E-state index in [1.54, 1.807) is 0 Å². The zero-order valence-electron chi connectivity index (χ0n) is 14.8. The largest absolute Gasteiger partial charge is 0.370 e. The van der Waals surface area contributed by atoms with Gasteiger partial charge in [-0.3, -0.25) is 14.5 Å². The van der Waals surface area contributed by atoms with E-state index >= 15 is 0 Å². The van der Waals surface area contributed by atoms with Gasteiger partial charge in [-0.25, -0.2) is 0 Å². The first-order chi connectivity index (χ1) is 9.35. The molecule has 0 aromatic carbocycles. The summed E-state index contributed by atoms with van der Waals surface area (Å²) in [6.07, 6.45) is 0.944. The van der Waals surface area contributed by atoms with Crippen molar-refractivity contribution in [3.63, 3.8) is 0 Å². The lowest BCUT2D eigenvalue weighted by Gasteiger charge is -2.35. The second-order valence-corrected chi connectivity index (χ2v) is 7.70. The molecule has 0 aliphatic rings. The summed E-state index contributed by atoms with van der Waals surface area (Å²) >= 11 is 0. The second kappa shape index (κ2) is 7.78. The van der Waals surface area contributed by atoms with Gasteiger partial charge in [-0.2, -0.15) is 0 Å². The van der Waals surface area contributed by atoms with E-state index in [1.165, 1.54) is 0 Å². The molecule has 0 atom stereocenters. The molecule has 0 bridgehead atoms. The smallest absolute Gasteiger partial charge is 0.227 e. The second-order valence-electron chi connectivity index (χ2n) is 7.70. The fourth-order valence-electron chi connectivity index (χ4n) is 1.84. The Bertz CT molecular complexity index is 354. The van der Waals surface area contributed by atoms with Gasteiger partial charge < -0.3 is 10.6 Å². The van der Waals surface area contributed by atoms with Crippen LogP contribution in [0.25, 0.3) is 0 Å². The lowest BCUT2D eigenvalue weighted by Crippen LogP contribution is -2.47. The summed E-state index contributed by atoms with van der Waals surface area (Å²) in [5.74, 6) is -0.195. The Morgan fingerprint density at radius 2 is 1.48 bits per heavy atom. The maximum Gasteiger partial charge on any atom is 0.227 e. The van der Waals surface area contributed by atoms with E-state index in [9.17, 15) is 9.59 Å². The Morgan fingerprint density at radius 3 is 1.86 bits per heavy atom. The summed E-state index contributed by atoms with van der Waals surface area (Å²) in [5, 5.41) is 0.